The molecule has 2 rings (SSSR count). The van der Waals surface area contributed by atoms with E-state index < -0.39 is 12.0 Å². The molecule has 0 saturated heterocycles. The van der Waals surface area contributed by atoms with Crippen LogP contribution >= 0.6 is 15.9 Å². The summed E-state index contributed by atoms with van der Waals surface area (Å²) in [5, 5.41) is 2.75. The van der Waals surface area contributed by atoms with Gasteiger partial charge in [0.05, 0.1) is 13.5 Å². The molecule has 0 saturated carbocycles. The van der Waals surface area contributed by atoms with E-state index in [4.69, 9.17) is 4.74 Å². The van der Waals surface area contributed by atoms with Crippen LogP contribution in [0.2, 0.25) is 0 Å². The molecule has 0 aliphatic carbocycles. The standard InChI is InChI=1S/C18H18BrNO3/c1-23-18(22)16(11-13-5-3-2-4-6-13)20-17(21)12-14-7-9-15(19)10-8-14/h2-10,16H,11-12H2,1H3,(H,20,21)/t16-/m0/s1. The molecule has 5 heteroatoms. The van der Waals surface area contributed by atoms with Gasteiger partial charge in [-0.05, 0) is 23.3 Å². The first-order chi connectivity index (χ1) is 11.1. The number of methoxy groups -OCH3 is 1. The number of benzene rings is 2. The van der Waals surface area contributed by atoms with E-state index in [1.165, 1.54) is 7.11 Å². The van der Waals surface area contributed by atoms with Crippen molar-refractivity contribution in [3.05, 3.63) is 70.2 Å². The van der Waals surface area contributed by atoms with Crippen LogP contribution in [-0.2, 0) is 27.2 Å². The Morgan fingerprint density at radius 3 is 2.30 bits per heavy atom. The average molecular weight is 376 g/mol. The van der Waals surface area contributed by atoms with Gasteiger partial charge in [-0.2, -0.15) is 0 Å². The van der Waals surface area contributed by atoms with E-state index in [9.17, 15) is 9.59 Å². The van der Waals surface area contributed by atoms with Gasteiger partial charge in [0, 0.05) is 10.9 Å². The maximum atomic E-state index is 12.2. The molecule has 0 aliphatic rings. The van der Waals surface area contributed by atoms with Crippen LogP contribution in [0, 0.1) is 0 Å². The summed E-state index contributed by atoms with van der Waals surface area (Å²) in [6, 6.07) is 16.3. The number of carbonyl (C=O) groups is 2. The molecule has 4 nitrogen and oxygen atoms in total. The Hall–Kier alpha value is -2.14. The molecule has 0 aromatic heterocycles. The lowest BCUT2D eigenvalue weighted by Crippen LogP contribution is -2.43. The number of hydrogen-bond acceptors (Lipinski definition) is 3. The number of carbonyl (C=O) groups excluding carboxylic acids is 2. The van der Waals surface area contributed by atoms with Crippen molar-refractivity contribution in [1.29, 1.82) is 0 Å². The van der Waals surface area contributed by atoms with Crippen molar-refractivity contribution >= 4 is 27.8 Å². The molecule has 1 atom stereocenters. The van der Waals surface area contributed by atoms with Crippen LogP contribution in [0.3, 0.4) is 0 Å². The first kappa shape index (κ1) is 17.2. The van der Waals surface area contributed by atoms with E-state index in [0.717, 1.165) is 15.6 Å². The van der Waals surface area contributed by atoms with E-state index in [-0.39, 0.29) is 12.3 Å². The highest BCUT2D eigenvalue weighted by molar-refractivity contribution is 9.10. The normalized spacial score (nSPS) is 11.6. The quantitative estimate of drug-likeness (QED) is 0.789. The van der Waals surface area contributed by atoms with Gasteiger partial charge in [-0.25, -0.2) is 4.79 Å². The zero-order valence-corrected chi connectivity index (χ0v) is 14.4. The molecule has 0 radical (unpaired) electrons. The average Bonchev–Trinajstić information content (AvgIpc) is 2.56. The minimum atomic E-state index is -0.689. The second-order valence-electron chi connectivity index (χ2n) is 5.14. The predicted octanol–water partition coefficient (Wildman–Crippen LogP) is 2.89. The topological polar surface area (TPSA) is 55.4 Å². The van der Waals surface area contributed by atoms with Gasteiger partial charge in [-0.15, -0.1) is 0 Å². The van der Waals surface area contributed by atoms with Crippen molar-refractivity contribution in [2.24, 2.45) is 0 Å². The molecule has 1 amide bonds. The summed E-state index contributed by atoms with van der Waals surface area (Å²) in [5.74, 6) is -0.656. The van der Waals surface area contributed by atoms with Gasteiger partial charge < -0.3 is 10.1 Å². The van der Waals surface area contributed by atoms with Crippen LogP contribution in [0.5, 0.6) is 0 Å². The SMILES string of the molecule is COC(=O)[C@H](Cc1ccccc1)NC(=O)Cc1ccc(Br)cc1. The highest BCUT2D eigenvalue weighted by atomic mass is 79.9. The summed E-state index contributed by atoms with van der Waals surface area (Å²) in [6.45, 7) is 0. The van der Waals surface area contributed by atoms with Gasteiger partial charge in [0.2, 0.25) is 5.91 Å². The first-order valence-corrected chi connectivity index (χ1v) is 8.03. The molecule has 1 N–H and O–H groups in total. The Balaban J connectivity index is 2.00. The molecule has 23 heavy (non-hydrogen) atoms. The predicted molar refractivity (Wildman–Crippen MR) is 91.9 cm³/mol. The molecule has 0 spiro atoms. The number of rotatable bonds is 6. The summed E-state index contributed by atoms with van der Waals surface area (Å²) >= 11 is 3.36. The minimum Gasteiger partial charge on any atom is -0.467 e. The lowest BCUT2D eigenvalue weighted by Gasteiger charge is -2.16. The lowest BCUT2D eigenvalue weighted by molar-refractivity contribution is -0.145. The Morgan fingerprint density at radius 1 is 1.04 bits per heavy atom. The van der Waals surface area contributed by atoms with Crippen molar-refractivity contribution < 1.29 is 14.3 Å². The van der Waals surface area contributed by atoms with Crippen molar-refractivity contribution in [2.75, 3.05) is 7.11 Å². The van der Waals surface area contributed by atoms with Crippen molar-refractivity contribution in [2.45, 2.75) is 18.9 Å². The Kier molecular flexibility index (Phi) is 6.35. The zero-order chi connectivity index (χ0) is 16.7. The highest BCUT2D eigenvalue weighted by Crippen LogP contribution is 2.11. The van der Waals surface area contributed by atoms with Crippen LogP contribution in [0.15, 0.2) is 59.1 Å². The smallest absolute Gasteiger partial charge is 0.328 e. The maximum absolute atomic E-state index is 12.2. The Labute approximate surface area is 144 Å². The first-order valence-electron chi connectivity index (χ1n) is 7.24. The number of esters is 1. The molecule has 0 unspecified atom stereocenters. The fourth-order valence-electron chi connectivity index (χ4n) is 2.22. The van der Waals surface area contributed by atoms with Gasteiger partial charge in [-0.3, -0.25) is 4.79 Å². The van der Waals surface area contributed by atoms with E-state index in [2.05, 4.69) is 21.2 Å². The van der Waals surface area contributed by atoms with Crippen LogP contribution in [0.25, 0.3) is 0 Å². The van der Waals surface area contributed by atoms with E-state index >= 15 is 0 Å². The van der Waals surface area contributed by atoms with E-state index in [1.807, 2.05) is 54.6 Å². The van der Waals surface area contributed by atoms with Gasteiger partial charge in [0.15, 0.2) is 0 Å². The lowest BCUT2D eigenvalue weighted by atomic mass is 10.1. The number of ether oxygens (including phenoxy) is 1. The minimum absolute atomic E-state index is 0.210. The van der Waals surface area contributed by atoms with Gasteiger partial charge in [-0.1, -0.05) is 58.4 Å². The summed E-state index contributed by atoms with van der Waals surface area (Å²) in [6.07, 6.45) is 0.620. The molecule has 0 fully saturated rings. The fraction of sp³-hybridized carbons (Fsp3) is 0.222. The third kappa shape index (κ3) is 5.53. The van der Waals surface area contributed by atoms with Gasteiger partial charge >= 0.3 is 5.97 Å². The summed E-state index contributed by atoms with van der Waals surface area (Å²) < 4.78 is 5.75. The zero-order valence-electron chi connectivity index (χ0n) is 12.8. The maximum Gasteiger partial charge on any atom is 0.328 e. The van der Waals surface area contributed by atoms with Crippen molar-refractivity contribution in [3.63, 3.8) is 0 Å². The van der Waals surface area contributed by atoms with Gasteiger partial charge in [0.25, 0.3) is 0 Å². The number of nitrogens with one attached hydrogen (secondary N) is 1. The Bertz CT molecular complexity index is 656. The fourth-order valence-corrected chi connectivity index (χ4v) is 2.48. The summed E-state index contributed by atoms with van der Waals surface area (Å²) in [7, 11) is 1.32. The number of halogens is 1. The summed E-state index contributed by atoms with van der Waals surface area (Å²) in [5.41, 5.74) is 1.85. The van der Waals surface area contributed by atoms with Crippen molar-refractivity contribution in [3.8, 4) is 0 Å². The van der Waals surface area contributed by atoms with Crippen LogP contribution < -0.4 is 5.32 Å². The molecule has 2 aromatic carbocycles. The molecule has 2 aromatic rings. The van der Waals surface area contributed by atoms with Crippen LogP contribution in [0.1, 0.15) is 11.1 Å². The second-order valence-corrected chi connectivity index (χ2v) is 6.05. The van der Waals surface area contributed by atoms with Crippen molar-refractivity contribution in [1.82, 2.24) is 5.32 Å². The third-order valence-electron chi connectivity index (χ3n) is 3.38. The van der Waals surface area contributed by atoms with E-state index in [0.29, 0.717) is 6.42 Å². The summed E-state index contributed by atoms with van der Waals surface area (Å²) in [4.78, 5) is 24.1. The molecule has 0 bridgehead atoms. The molecule has 120 valence electrons. The Morgan fingerprint density at radius 2 is 1.70 bits per heavy atom. The highest BCUT2D eigenvalue weighted by Gasteiger charge is 2.21. The number of amides is 1. The molecular weight excluding hydrogens is 358 g/mol. The number of hydrogen-bond donors (Lipinski definition) is 1. The molecule has 0 aliphatic heterocycles. The van der Waals surface area contributed by atoms with Crippen LogP contribution in [-0.4, -0.2) is 25.0 Å². The second kappa shape index (κ2) is 8.48. The van der Waals surface area contributed by atoms with Gasteiger partial charge in [0.1, 0.15) is 6.04 Å². The molecule has 0 heterocycles. The van der Waals surface area contributed by atoms with Crippen LogP contribution in [0.4, 0.5) is 0 Å². The monoisotopic (exact) mass is 375 g/mol. The third-order valence-corrected chi connectivity index (χ3v) is 3.91. The largest absolute Gasteiger partial charge is 0.467 e. The molecular formula is C18H18BrNO3. The van der Waals surface area contributed by atoms with E-state index in [1.54, 1.807) is 0 Å².